The lowest BCUT2D eigenvalue weighted by Crippen LogP contribution is -2.07. The van der Waals surface area contributed by atoms with Gasteiger partial charge in [-0.1, -0.05) is 6.07 Å². The maximum atomic E-state index is 12.1. The van der Waals surface area contributed by atoms with E-state index >= 15 is 0 Å². The van der Waals surface area contributed by atoms with E-state index in [1.165, 1.54) is 12.2 Å². The predicted octanol–water partition coefficient (Wildman–Crippen LogP) is 3.38. The highest BCUT2D eigenvalue weighted by Gasteiger charge is 2.13. The van der Waals surface area contributed by atoms with Gasteiger partial charge in [0.25, 0.3) is 0 Å². The van der Waals surface area contributed by atoms with E-state index in [0.717, 1.165) is 16.7 Å². The Hall–Kier alpha value is -2.56. The summed E-state index contributed by atoms with van der Waals surface area (Å²) in [7, 11) is 0. The van der Waals surface area contributed by atoms with E-state index < -0.39 is 11.9 Å². The van der Waals surface area contributed by atoms with Crippen LogP contribution in [-0.4, -0.2) is 30.3 Å². The van der Waals surface area contributed by atoms with Crippen molar-refractivity contribution < 1.29 is 24.2 Å². The Kier molecular flexibility index (Phi) is 7.24. The minimum Gasteiger partial charge on any atom is -0.507 e. The van der Waals surface area contributed by atoms with Crippen LogP contribution in [0.2, 0.25) is 0 Å². The van der Waals surface area contributed by atoms with Crippen LogP contribution in [0.15, 0.2) is 23.8 Å². The molecule has 0 saturated heterocycles. The molecule has 0 radical (unpaired) electrons. The van der Waals surface area contributed by atoms with Gasteiger partial charge in [0.15, 0.2) is 0 Å². The Morgan fingerprint density at radius 1 is 1.04 bits per heavy atom. The topological polar surface area (TPSA) is 72.8 Å². The average Bonchev–Trinajstić information content (AvgIpc) is 2.52. The first-order valence-electron chi connectivity index (χ1n) is 7.85. The van der Waals surface area contributed by atoms with Crippen molar-refractivity contribution in [2.75, 3.05) is 13.2 Å². The number of benzene rings is 1. The summed E-state index contributed by atoms with van der Waals surface area (Å²) in [4.78, 5) is 23.6. The second-order valence-corrected chi connectivity index (χ2v) is 5.30. The maximum absolute atomic E-state index is 12.1. The monoisotopic (exact) mass is 332 g/mol. The fourth-order valence-electron chi connectivity index (χ4n) is 2.31. The zero-order chi connectivity index (χ0) is 18.3. The van der Waals surface area contributed by atoms with Crippen molar-refractivity contribution in [1.82, 2.24) is 0 Å². The molecule has 24 heavy (non-hydrogen) atoms. The van der Waals surface area contributed by atoms with Gasteiger partial charge in [0, 0.05) is 6.08 Å². The van der Waals surface area contributed by atoms with Crippen LogP contribution in [0.1, 0.15) is 36.1 Å². The van der Waals surface area contributed by atoms with E-state index in [1.54, 1.807) is 26.8 Å². The van der Waals surface area contributed by atoms with Gasteiger partial charge in [0.2, 0.25) is 0 Å². The molecule has 0 unspecified atom stereocenters. The zero-order valence-corrected chi connectivity index (χ0v) is 14.8. The molecule has 0 aliphatic carbocycles. The summed E-state index contributed by atoms with van der Waals surface area (Å²) in [5, 5.41) is 10.1. The van der Waals surface area contributed by atoms with Gasteiger partial charge in [-0.05, 0) is 69.0 Å². The fourth-order valence-corrected chi connectivity index (χ4v) is 2.31. The average molecular weight is 332 g/mol. The molecule has 0 saturated carbocycles. The van der Waals surface area contributed by atoms with Gasteiger partial charge in [-0.15, -0.1) is 0 Å². The summed E-state index contributed by atoms with van der Waals surface area (Å²) < 4.78 is 9.85. The Balaban J connectivity index is 3.34. The molecule has 5 heteroatoms. The van der Waals surface area contributed by atoms with Gasteiger partial charge in [-0.3, -0.25) is 0 Å². The predicted molar refractivity (Wildman–Crippen MR) is 92.7 cm³/mol. The molecule has 1 rings (SSSR count). The smallest absolute Gasteiger partial charge is 0.338 e. The number of aryl methyl sites for hydroxylation is 2. The quantitative estimate of drug-likeness (QED) is 0.491. The third-order valence-corrected chi connectivity index (χ3v) is 3.49. The summed E-state index contributed by atoms with van der Waals surface area (Å²) in [6.45, 7) is 9.37. The number of rotatable bonds is 6. The lowest BCUT2D eigenvalue weighted by atomic mass is 9.96. The molecule has 0 aromatic heterocycles. The maximum Gasteiger partial charge on any atom is 0.338 e. The first-order valence-corrected chi connectivity index (χ1v) is 7.85. The molecule has 0 atom stereocenters. The van der Waals surface area contributed by atoms with Crippen molar-refractivity contribution in [2.24, 2.45) is 0 Å². The van der Waals surface area contributed by atoms with Crippen LogP contribution in [0.4, 0.5) is 0 Å². The van der Waals surface area contributed by atoms with E-state index in [-0.39, 0.29) is 24.5 Å². The number of carbonyl (C=O) groups excluding carboxylic acids is 2. The largest absolute Gasteiger partial charge is 0.507 e. The van der Waals surface area contributed by atoms with E-state index in [1.807, 2.05) is 19.9 Å². The van der Waals surface area contributed by atoms with E-state index in [2.05, 4.69) is 0 Å². The summed E-state index contributed by atoms with van der Waals surface area (Å²) in [6.07, 6.45) is 4.16. The zero-order valence-electron chi connectivity index (χ0n) is 14.8. The third kappa shape index (κ3) is 4.98. The minimum absolute atomic E-state index is 0.185. The van der Waals surface area contributed by atoms with Crippen molar-refractivity contribution in [2.45, 2.75) is 34.6 Å². The number of phenolic OH excluding ortho intramolecular Hbond substituents is 1. The molecule has 0 aliphatic rings. The molecule has 1 aromatic rings. The Bertz CT molecular complexity index is 683. The summed E-state index contributed by atoms with van der Waals surface area (Å²) in [5.41, 5.74) is 3.27. The second kappa shape index (κ2) is 8.91. The number of carbonyl (C=O) groups is 2. The number of ether oxygens (including phenoxy) is 2. The van der Waals surface area contributed by atoms with Crippen molar-refractivity contribution in [3.8, 4) is 5.75 Å². The van der Waals surface area contributed by atoms with Crippen LogP contribution in [0.5, 0.6) is 5.75 Å². The van der Waals surface area contributed by atoms with Crippen LogP contribution in [0, 0.1) is 20.8 Å². The van der Waals surface area contributed by atoms with Crippen molar-refractivity contribution >= 4 is 18.0 Å². The van der Waals surface area contributed by atoms with Crippen LogP contribution in [0.25, 0.3) is 6.08 Å². The molecule has 0 fully saturated rings. The van der Waals surface area contributed by atoms with Gasteiger partial charge in [-0.2, -0.15) is 0 Å². The highest BCUT2D eigenvalue weighted by atomic mass is 16.5. The molecule has 0 amide bonds. The number of phenols is 1. The minimum atomic E-state index is -0.545. The molecular weight excluding hydrogens is 308 g/mol. The summed E-state index contributed by atoms with van der Waals surface area (Å²) in [5.74, 6) is -0.894. The Morgan fingerprint density at radius 3 is 2.25 bits per heavy atom. The van der Waals surface area contributed by atoms with Gasteiger partial charge >= 0.3 is 11.9 Å². The molecule has 0 bridgehead atoms. The third-order valence-electron chi connectivity index (χ3n) is 3.49. The van der Waals surface area contributed by atoms with Gasteiger partial charge in [0.05, 0.1) is 18.8 Å². The van der Waals surface area contributed by atoms with Crippen LogP contribution < -0.4 is 0 Å². The van der Waals surface area contributed by atoms with Crippen molar-refractivity contribution in [3.05, 3.63) is 46.0 Å². The Morgan fingerprint density at radius 2 is 1.67 bits per heavy atom. The number of aromatic hydroxyl groups is 1. The van der Waals surface area contributed by atoms with E-state index in [4.69, 9.17) is 9.47 Å². The molecule has 0 aliphatic heterocycles. The number of esters is 2. The lowest BCUT2D eigenvalue weighted by molar-refractivity contribution is -0.138. The first-order chi connectivity index (χ1) is 11.3. The van der Waals surface area contributed by atoms with Crippen molar-refractivity contribution in [1.29, 1.82) is 0 Å². The first kappa shape index (κ1) is 19.5. The molecule has 0 heterocycles. The SMILES string of the molecule is CCOC(=O)/C=C\C(=C/c1c(C)cc(C)c(O)c1C)C(=O)OCC. The molecule has 1 aromatic carbocycles. The Labute approximate surface area is 142 Å². The van der Waals surface area contributed by atoms with Gasteiger partial charge in [0.1, 0.15) is 5.75 Å². The number of hydrogen-bond donors (Lipinski definition) is 1. The van der Waals surface area contributed by atoms with Gasteiger partial charge in [-0.25, -0.2) is 9.59 Å². The van der Waals surface area contributed by atoms with Crippen molar-refractivity contribution in [3.63, 3.8) is 0 Å². The molecular formula is C19H24O5. The highest BCUT2D eigenvalue weighted by Crippen LogP contribution is 2.29. The summed E-state index contributed by atoms with van der Waals surface area (Å²) >= 11 is 0. The van der Waals surface area contributed by atoms with Crippen LogP contribution in [-0.2, 0) is 19.1 Å². The van der Waals surface area contributed by atoms with E-state index in [9.17, 15) is 14.7 Å². The summed E-state index contributed by atoms with van der Waals surface area (Å²) in [6, 6.07) is 1.84. The fraction of sp³-hybridized carbons (Fsp3) is 0.368. The van der Waals surface area contributed by atoms with E-state index in [0.29, 0.717) is 5.56 Å². The van der Waals surface area contributed by atoms with Gasteiger partial charge < -0.3 is 14.6 Å². The highest BCUT2D eigenvalue weighted by molar-refractivity contribution is 5.99. The molecule has 5 nitrogen and oxygen atoms in total. The van der Waals surface area contributed by atoms with Crippen LogP contribution >= 0.6 is 0 Å². The number of hydrogen-bond acceptors (Lipinski definition) is 5. The lowest BCUT2D eigenvalue weighted by Gasteiger charge is -2.12. The normalized spacial score (nSPS) is 11.6. The van der Waals surface area contributed by atoms with Crippen LogP contribution in [0.3, 0.4) is 0 Å². The molecule has 0 spiro atoms. The molecule has 1 N–H and O–H groups in total. The molecule has 130 valence electrons. The second-order valence-electron chi connectivity index (χ2n) is 5.30. The standard InChI is InChI=1S/C19H24O5/c1-6-23-17(20)9-8-15(19(22)24-7-2)11-16-12(3)10-13(4)18(21)14(16)5/h8-11,21H,6-7H2,1-5H3/b9-8-,15-11+.